The lowest BCUT2D eigenvalue weighted by Gasteiger charge is -2.08. The van der Waals surface area contributed by atoms with Crippen molar-refractivity contribution in [3.63, 3.8) is 0 Å². The number of pyridine rings is 1. The second-order valence-corrected chi connectivity index (χ2v) is 3.25. The summed E-state index contributed by atoms with van der Waals surface area (Å²) in [5.74, 6) is 0. The van der Waals surface area contributed by atoms with E-state index in [-0.39, 0.29) is 5.50 Å². The first-order chi connectivity index (χ1) is 6.74. The van der Waals surface area contributed by atoms with Gasteiger partial charge in [-0.15, -0.1) is 12.6 Å². The maximum absolute atomic E-state index is 4.17. The first-order valence-corrected chi connectivity index (χ1v) is 4.82. The maximum Gasteiger partial charge on any atom is 0.138 e. The third kappa shape index (κ3) is 3.35. The lowest BCUT2D eigenvalue weighted by molar-refractivity contribution is 0.619. The summed E-state index contributed by atoms with van der Waals surface area (Å²) in [4.78, 5) is 4.17. The molecule has 2 N–H and O–H groups in total. The van der Waals surface area contributed by atoms with Crippen LogP contribution in [0.2, 0.25) is 0 Å². The summed E-state index contributed by atoms with van der Waals surface area (Å²) >= 11 is 4.17. The third-order valence-corrected chi connectivity index (χ3v) is 2.04. The molecule has 0 spiro atoms. The van der Waals surface area contributed by atoms with Gasteiger partial charge < -0.3 is 0 Å². The van der Waals surface area contributed by atoms with Gasteiger partial charge in [0.05, 0.1) is 11.4 Å². The van der Waals surface area contributed by atoms with Crippen molar-refractivity contribution in [3.8, 4) is 0 Å². The molecule has 0 amide bonds. The fourth-order valence-corrected chi connectivity index (χ4v) is 0.914. The fourth-order valence-electron chi connectivity index (χ4n) is 0.857. The second-order valence-electron chi connectivity index (χ2n) is 2.73. The van der Waals surface area contributed by atoms with E-state index in [0.29, 0.717) is 0 Å². The number of nitrogens with zero attached hydrogens (tertiary/aromatic N) is 2. The van der Waals surface area contributed by atoms with Gasteiger partial charge in [0, 0.05) is 6.20 Å². The average Bonchev–Trinajstić information content (AvgIpc) is 2.26. The van der Waals surface area contributed by atoms with E-state index < -0.39 is 0 Å². The Balaban J connectivity index is 2.61. The van der Waals surface area contributed by atoms with E-state index >= 15 is 0 Å². The van der Waals surface area contributed by atoms with Crippen LogP contribution in [0.4, 0.5) is 0 Å². The van der Waals surface area contributed by atoms with Gasteiger partial charge in [0.15, 0.2) is 0 Å². The molecule has 0 aromatic carbocycles. The van der Waals surface area contributed by atoms with Crippen LogP contribution in [0, 0.1) is 0 Å². The molecule has 4 nitrogen and oxygen atoms in total. The number of hydrogen-bond acceptors (Lipinski definition) is 5. The SMILES string of the molecule is CNC(S)N/N=C(\C)c1ccccn1. The quantitative estimate of drug-likeness (QED) is 0.298. The highest BCUT2D eigenvalue weighted by molar-refractivity contribution is 7.80. The Morgan fingerprint density at radius 1 is 1.57 bits per heavy atom. The number of rotatable bonds is 4. The van der Waals surface area contributed by atoms with Crippen LogP contribution >= 0.6 is 12.6 Å². The van der Waals surface area contributed by atoms with Gasteiger partial charge in [-0.3, -0.25) is 15.7 Å². The first kappa shape index (κ1) is 11.0. The number of hydrogen-bond donors (Lipinski definition) is 3. The molecule has 0 aliphatic heterocycles. The van der Waals surface area contributed by atoms with E-state index in [1.54, 1.807) is 13.2 Å². The van der Waals surface area contributed by atoms with Crippen LogP contribution in [0.25, 0.3) is 0 Å². The van der Waals surface area contributed by atoms with Crippen LogP contribution < -0.4 is 10.7 Å². The van der Waals surface area contributed by atoms with Crippen molar-refractivity contribution in [3.05, 3.63) is 30.1 Å². The Morgan fingerprint density at radius 3 is 2.93 bits per heavy atom. The summed E-state index contributed by atoms with van der Waals surface area (Å²) in [5.41, 5.74) is 4.38. The molecular weight excluding hydrogens is 196 g/mol. The molecule has 0 radical (unpaired) electrons. The molecule has 0 aliphatic carbocycles. The predicted molar refractivity (Wildman–Crippen MR) is 61.4 cm³/mol. The maximum atomic E-state index is 4.17. The van der Waals surface area contributed by atoms with Crippen LogP contribution in [0.1, 0.15) is 12.6 Å². The minimum atomic E-state index is -0.145. The van der Waals surface area contributed by atoms with Crippen LogP contribution in [0.5, 0.6) is 0 Å². The van der Waals surface area contributed by atoms with Crippen LogP contribution in [0.3, 0.4) is 0 Å². The molecule has 1 rings (SSSR count). The monoisotopic (exact) mass is 210 g/mol. The van der Waals surface area contributed by atoms with Gasteiger partial charge in [-0.25, -0.2) is 0 Å². The molecule has 1 unspecified atom stereocenters. The molecule has 0 saturated carbocycles. The standard InChI is InChI=1S/C9H14N4S/c1-7(12-13-9(14)10-2)8-5-3-4-6-11-8/h3-6,9-10,13-14H,1-2H3/b12-7+. The van der Waals surface area contributed by atoms with Crippen LogP contribution in [-0.4, -0.2) is 23.2 Å². The zero-order valence-corrected chi connectivity index (χ0v) is 9.12. The van der Waals surface area contributed by atoms with Crippen molar-refractivity contribution in [1.29, 1.82) is 0 Å². The summed E-state index contributed by atoms with van der Waals surface area (Å²) in [7, 11) is 1.80. The normalized spacial score (nSPS) is 13.8. The minimum absolute atomic E-state index is 0.145. The van der Waals surface area contributed by atoms with E-state index in [4.69, 9.17) is 0 Å². The predicted octanol–water partition coefficient (Wildman–Crippen LogP) is 0.828. The van der Waals surface area contributed by atoms with Gasteiger partial charge >= 0.3 is 0 Å². The summed E-state index contributed by atoms with van der Waals surface area (Å²) in [6, 6.07) is 5.71. The molecule has 1 aromatic heterocycles. The highest BCUT2D eigenvalue weighted by Gasteiger charge is 1.98. The summed E-state index contributed by atoms with van der Waals surface area (Å²) in [6.45, 7) is 1.89. The molecular formula is C9H14N4S. The van der Waals surface area contributed by atoms with Crippen molar-refractivity contribution in [2.75, 3.05) is 7.05 Å². The van der Waals surface area contributed by atoms with Crippen molar-refractivity contribution >= 4 is 18.3 Å². The van der Waals surface area contributed by atoms with Crippen molar-refractivity contribution in [1.82, 2.24) is 15.7 Å². The summed E-state index contributed by atoms with van der Waals surface area (Å²) < 4.78 is 0. The zero-order chi connectivity index (χ0) is 10.4. The molecule has 0 aliphatic rings. The van der Waals surface area contributed by atoms with Gasteiger partial charge in [-0.1, -0.05) is 6.07 Å². The molecule has 0 bridgehead atoms. The van der Waals surface area contributed by atoms with E-state index in [2.05, 4.69) is 33.5 Å². The van der Waals surface area contributed by atoms with E-state index in [9.17, 15) is 0 Å². The van der Waals surface area contributed by atoms with Gasteiger partial charge in [0.25, 0.3) is 0 Å². The van der Waals surface area contributed by atoms with E-state index in [0.717, 1.165) is 11.4 Å². The highest BCUT2D eigenvalue weighted by Crippen LogP contribution is 1.95. The van der Waals surface area contributed by atoms with E-state index in [1.165, 1.54) is 0 Å². The Kier molecular flexibility index (Phi) is 4.42. The Labute approximate surface area is 89.2 Å². The molecule has 76 valence electrons. The third-order valence-electron chi connectivity index (χ3n) is 1.66. The van der Waals surface area contributed by atoms with Gasteiger partial charge in [-0.05, 0) is 26.1 Å². The summed E-state index contributed by atoms with van der Waals surface area (Å²) in [5, 5.41) is 7.03. The molecule has 14 heavy (non-hydrogen) atoms. The highest BCUT2D eigenvalue weighted by atomic mass is 32.1. The smallest absolute Gasteiger partial charge is 0.138 e. The first-order valence-electron chi connectivity index (χ1n) is 4.30. The topological polar surface area (TPSA) is 49.3 Å². The number of aromatic nitrogens is 1. The van der Waals surface area contributed by atoms with Crippen LogP contribution in [-0.2, 0) is 0 Å². The van der Waals surface area contributed by atoms with Gasteiger partial charge in [0.2, 0.25) is 0 Å². The Hall–Kier alpha value is -1.07. The van der Waals surface area contributed by atoms with Gasteiger partial charge in [0.1, 0.15) is 5.50 Å². The number of thiol groups is 1. The molecule has 5 heteroatoms. The summed E-state index contributed by atoms with van der Waals surface area (Å²) in [6.07, 6.45) is 1.74. The Bertz CT molecular complexity index is 299. The van der Waals surface area contributed by atoms with Gasteiger partial charge in [-0.2, -0.15) is 5.10 Å². The average molecular weight is 210 g/mol. The second kappa shape index (κ2) is 5.62. The lowest BCUT2D eigenvalue weighted by atomic mass is 10.3. The molecule has 1 atom stereocenters. The molecule has 1 heterocycles. The molecule has 0 fully saturated rings. The fraction of sp³-hybridized carbons (Fsp3) is 0.333. The van der Waals surface area contributed by atoms with Crippen LogP contribution in [0.15, 0.2) is 29.5 Å². The Morgan fingerprint density at radius 2 is 2.36 bits per heavy atom. The van der Waals surface area contributed by atoms with Crippen molar-refractivity contribution in [2.45, 2.75) is 12.4 Å². The van der Waals surface area contributed by atoms with E-state index in [1.807, 2.05) is 25.1 Å². The number of hydrazone groups is 1. The van der Waals surface area contributed by atoms with Crippen molar-refractivity contribution in [2.24, 2.45) is 5.10 Å². The zero-order valence-electron chi connectivity index (χ0n) is 8.23. The number of nitrogens with one attached hydrogen (secondary N) is 2. The molecule has 0 saturated heterocycles. The van der Waals surface area contributed by atoms with Crippen molar-refractivity contribution < 1.29 is 0 Å². The minimum Gasteiger partial charge on any atom is -0.291 e. The largest absolute Gasteiger partial charge is 0.291 e. The lowest BCUT2D eigenvalue weighted by Crippen LogP contribution is -2.32. The molecule has 1 aromatic rings.